The van der Waals surface area contributed by atoms with Crippen LogP contribution < -0.4 is 5.73 Å². The summed E-state index contributed by atoms with van der Waals surface area (Å²) >= 11 is 0. The lowest BCUT2D eigenvalue weighted by molar-refractivity contribution is 0.140. The van der Waals surface area contributed by atoms with E-state index in [1.807, 2.05) is 0 Å². The smallest absolute Gasteiger partial charge is 0.0652 e. The minimum Gasteiger partial charge on any atom is -0.378 e. The molecule has 1 saturated heterocycles. The van der Waals surface area contributed by atoms with E-state index in [-0.39, 0.29) is 0 Å². The molecule has 2 heteroatoms. The van der Waals surface area contributed by atoms with E-state index >= 15 is 0 Å². The fourth-order valence-electron chi connectivity index (χ4n) is 1.68. The van der Waals surface area contributed by atoms with Crippen molar-refractivity contribution in [2.75, 3.05) is 13.2 Å². The van der Waals surface area contributed by atoms with Gasteiger partial charge in [-0.1, -0.05) is 0 Å². The summed E-state index contributed by atoms with van der Waals surface area (Å²) in [4.78, 5) is 0. The van der Waals surface area contributed by atoms with Crippen LogP contribution in [0.2, 0.25) is 0 Å². The zero-order chi connectivity index (χ0) is 5.56. The lowest BCUT2D eigenvalue weighted by Gasteiger charge is -1.96. The van der Waals surface area contributed by atoms with Crippen LogP contribution in [0.5, 0.6) is 0 Å². The number of rotatable bonds is 1. The van der Waals surface area contributed by atoms with Crippen LogP contribution in [0.1, 0.15) is 6.42 Å². The van der Waals surface area contributed by atoms with E-state index in [1.165, 1.54) is 6.42 Å². The summed E-state index contributed by atoms with van der Waals surface area (Å²) in [5.74, 6) is 1.57. The van der Waals surface area contributed by atoms with E-state index in [2.05, 4.69) is 0 Å². The number of hydrogen-bond acceptors (Lipinski definition) is 2. The van der Waals surface area contributed by atoms with Gasteiger partial charge in [0.25, 0.3) is 0 Å². The van der Waals surface area contributed by atoms with Crippen LogP contribution in [0.15, 0.2) is 0 Å². The van der Waals surface area contributed by atoms with Gasteiger partial charge in [0, 0.05) is 12.5 Å². The highest BCUT2D eigenvalue weighted by Gasteiger charge is 2.53. The summed E-state index contributed by atoms with van der Waals surface area (Å²) < 4.78 is 5.35. The van der Waals surface area contributed by atoms with E-state index in [0.717, 1.165) is 25.0 Å². The Hall–Kier alpha value is -0.0800. The van der Waals surface area contributed by atoms with Crippen LogP contribution in [0, 0.1) is 11.8 Å². The maximum absolute atomic E-state index is 5.44. The van der Waals surface area contributed by atoms with E-state index < -0.39 is 0 Å². The Balaban J connectivity index is 1.94. The second-order valence-corrected chi connectivity index (χ2v) is 2.69. The largest absolute Gasteiger partial charge is 0.378 e. The Morgan fingerprint density at radius 1 is 1.62 bits per heavy atom. The Kier molecular flexibility index (Phi) is 0.866. The highest BCUT2D eigenvalue weighted by Crippen LogP contribution is 2.47. The van der Waals surface area contributed by atoms with Crippen LogP contribution in [-0.2, 0) is 4.74 Å². The van der Waals surface area contributed by atoms with Crippen molar-refractivity contribution in [2.24, 2.45) is 17.6 Å². The van der Waals surface area contributed by atoms with Crippen molar-refractivity contribution in [1.82, 2.24) is 0 Å². The molecule has 46 valence electrons. The maximum Gasteiger partial charge on any atom is 0.0652 e. The van der Waals surface area contributed by atoms with Crippen LogP contribution in [0.25, 0.3) is 0 Å². The first-order chi connectivity index (χ1) is 3.93. The first-order valence-corrected chi connectivity index (χ1v) is 3.25. The summed E-state index contributed by atoms with van der Waals surface area (Å²) in [5.41, 5.74) is 5.44. The van der Waals surface area contributed by atoms with Crippen LogP contribution in [0.3, 0.4) is 0 Å². The van der Waals surface area contributed by atoms with Crippen molar-refractivity contribution >= 4 is 0 Å². The maximum atomic E-state index is 5.44. The predicted octanol–water partition coefficient (Wildman–Crippen LogP) is -0.0200. The van der Waals surface area contributed by atoms with Crippen molar-refractivity contribution in [1.29, 1.82) is 0 Å². The summed E-state index contributed by atoms with van der Waals surface area (Å²) in [6.07, 6.45) is 1.83. The quantitative estimate of drug-likeness (QED) is 0.518. The topological polar surface area (TPSA) is 35.2 Å². The third kappa shape index (κ3) is 0.446. The molecule has 0 spiro atoms. The van der Waals surface area contributed by atoms with E-state index in [4.69, 9.17) is 10.5 Å². The second kappa shape index (κ2) is 1.45. The molecule has 0 aromatic carbocycles. The molecule has 1 aliphatic heterocycles. The van der Waals surface area contributed by atoms with Gasteiger partial charge in [-0.3, -0.25) is 0 Å². The van der Waals surface area contributed by atoms with Crippen LogP contribution in [0.4, 0.5) is 0 Å². The molecule has 0 unspecified atom stereocenters. The lowest BCUT2D eigenvalue weighted by atomic mass is 10.2. The molecule has 2 rings (SSSR count). The Morgan fingerprint density at radius 2 is 2.50 bits per heavy atom. The monoisotopic (exact) mass is 113 g/mol. The van der Waals surface area contributed by atoms with Gasteiger partial charge >= 0.3 is 0 Å². The third-order valence-corrected chi connectivity index (χ3v) is 2.29. The predicted molar refractivity (Wildman–Crippen MR) is 30.4 cm³/mol. The number of fused-ring (bicyclic) bond motifs is 1. The summed E-state index contributed by atoms with van der Waals surface area (Å²) in [6, 6.07) is 0. The lowest BCUT2D eigenvalue weighted by Crippen LogP contribution is -2.08. The molecular formula is C6H11NO. The fourth-order valence-corrected chi connectivity index (χ4v) is 1.68. The Labute approximate surface area is 49.0 Å². The molecular weight excluding hydrogens is 102 g/mol. The van der Waals surface area contributed by atoms with Crippen molar-refractivity contribution < 1.29 is 4.74 Å². The molecule has 2 fully saturated rings. The van der Waals surface area contributed by atoms with E-state index in [1.54, 1.807) is 0 Å². The van der Waals surface area contributed by atoms with Gasteiger partial charge in [0.15, 0.2) is 0 Å². The fraction of sp³-hybridized carbons (Fsp3) is 1.00. The van der Waals surface area contributed by atoms with Crippen LogP contribution >= 0.6 is 0 Å². The summed E-state index contributed by atoms with van der Waals surface area (Å²) in [5, 5.41) is 0. The molecule has 2 N–H and O–H groups in total. The zero-order valence-electron chi connectivity index (χ0n) is 4.84. The number of ether oxygens (including phenoxy) is 1. The van der Waals surface area contributed by atoms with Gasteiger partial charge in [-0.05, 0) is 18.9 Å². The Bertz CT molecular complexity index is 87.9. The van der Waals surface area contributed by atoms with Gasteiger partial charge in [-0.25, -0.2) is 0 Å². The van der Waals surface area contributed by atoms with Gasteiger partial charge in [-0.15, -0.1) is 0 Å². The molecule has 1 heterocycles. The summed E-state index contributed by atoms with van der Waals surface area (Å²) in [6.45, 7) is 1.81. The van der Waals surface area contributed by atoms with Crippen LogP contribution in [-0.4, -0.2) is 19.3 Å². The first-order valence-electron chi connectivity index (χ1n) is 3.25. The molecule has 2 aliphatic rings. The van der Waals surface area contributed by atoms with Gasteiger partial charge in [0.05, 0.1) is 6.10 Å². The zero-order valence-corrected chi connectivity index (χ0v) is 4.84. The molecule has 1 saturated carbocycles. The van der Waals surface area contributed by atoms with E-state index in [9.17, 15) is 0 Å². The van der Waals surface area contributed by atoms with E-state index in [0.29, 0.717) is 6.10 Å². The van der Waals surface area contributed by atoms with Gasteiger partial charge in [-0.2, -0.15) is 0 Å². The third-order valence-electron chi connectivity index (χ3n) is 2.29. The second-order valence-electron chi connectivity index (χ2n) is 2.69. The molecule has 0 aromatic heterocycles. The van der Waals surface area contributed by atoms with Crippen molar-refractivity contribution in [3.05, 3.63) is 0 Å². The number of hydrogen-bond donors (Lipinski definition) is 1. The normalized spacial score (nSPS) is 51.4. The minimum atomic E-state index is 0.569. The molecule has 0 bridgehead atoms. The minimum absolute atomic E-state index is 0.569. The molecule has 0 amide bonds. The first kappa shape index (κ1) is 4.77. The average molecular weight is 113 g/mol. The summed E-state index contributed by atoms with van der Waals surface area (Å²) in [7, 11) is 0. The van der Waals surface area contributed by atoms with Gasteiger partial charge in [0.2, 0.25) is 0 Å². The molecule has 3 atom stereocenters. The Morgan fingerprint density at radius 3 is 2.88 bits per heavy atom. The molecule has 1 aliphatic carbocycles. The highest BCUT2D eigenvalue weighted by molar-refractivity contribution is 5.02. The molecule has 0 aromatic rings. The van der Waals surface area contributed by atoms with Gasteiger partial charge in [0.1, 0.15) is 0 Å². The number of nitrogens with two attached hydrogens (primary N) is 1. The SMILES string of the molecule is NC[C@@H]1[C@H]2CCO[C@H]12. The van der Waals surface area contributed by atoms with Crippen molar-refractivity contribution in [3.8, 4) is 0 Å². The standard InChI is InChI=1S/C6H11NO/c7-3-5-4-1-2-8-6(4)5/h4-6H,1-3,7H2/t4-,5-,6+/m1/s1. The van der Waals surface area contributed by atoms with Crippen molar-refractivity contribution in [2.45, 2.75) is 12.5 Å². The highest BCUT2D eigenvalue weighted by atomic mass is 16.5. The molecule has 0 radical (unpaired) electrons. The van der Waals surface area contributed by atoms with Gasteiger partial charge < -0.3 is 10.5 Å². The molecule has 8 heavy (non-hydrogen) atoms. The van der Waals surface area contributed by atoms with Crippen molar-refractivity contribution in [3.63, 3.8) is 0 Å². The molecule has 2 nitrogen and oxygen atoms in total. The average Bonchev–Trinajstić information content (AvgIpc) is 2.22.